The molecule has 1 saturated heterocycles. The number of aliphatic hydroxyl groups excluding tert-OH is 1. The summed E-state index contributed by atoms with van der Waals surface area (Å²) in [6.45, 7) is 4.44. The molecule has 1 amide bonds. The molecule has 0 bridgehead atoms. The lowest BCUT2D eigenvalue weighted by atomic mass is 9.94. The highest BCUT2D eigenvalue weighted by atomic mass is 79.9. The summed E-state index contributed by atoms with van der Waals surface area (Å²) >= 11 is 3.43. The zero-order chi connectivity index (χ0) is 23.5. The van der Waals surface area contributed by atoms with Crippen LogP contribution < -0.4 is 4.74 Å². The summed E-state index contributed by atoms with van der Waals surface area (Å²) in [6.07, 6.45) is 3.31. The summed E-state index contributed by atoms with van der Waals surface area (Å²) in [5, 5.41) is 11.3. The molecular weight excluding hydrogens is 484 g/mol. The van der Waals surface area contributed by atoms with Gasteiger partial charge in [0.2, 0.25) is 0 Å². The van der Waals surface area contributed by atoms with Crippen molar-refractivity contribution in [2.45, 2.75) is 26.4 Å². The molecule has 0 saturated carbocycles. The minimum atomic E-state index is -0.732. The maximum absolute atomic E-state index is 13.2. The van der Waals surface area contributed by atoms with E-state index in [1.54, 1.807) is 36.7 Å². The fourth-order valence-corrected chi connectivity index (χ4v) is 4.29. The van der Waals surface area contributed by atoms with Crippen LogP contribution in [0.3, 0.4) is 0 Å². The molecule has 33 heavy (non-hydrogen) atoms. The van der Waals surface area contributed by atoms with Gasteiger partial charge in [-0.3, -0.25) is 14.6 Å². The number of likely N-dealkylation sites (tertiary alicyclic amines) is 1. The molecule has 0 aliphatic carbocycles. The monoisotopic (exact) mass is 506 g/mol. The first-order chi connectivity index (χ1) is 15.9. The summed E-state index contributed by atoms with van der Waals surface area (Å²) in [5.74, 6) is -0.891. The number of nitrogens with zero attached hydrogens (tertiary/aromatic N) is 2. The number of Topliss-reactive ketones (excluding diaryl/α,β-unsaturated/α-hetero) is 1. The Bertz CT molecular complexity index is 1220. The molecule has 6 nitrogen and oxygen atoms in total. The van der Waals surface area contributed by atoms with Gasteiger partial charge >= 0.3 is 0 Å². The van der Waals surface area contributed by atoms with E-state index in [0.717, 1.165) is 21.2 Å². The molecule has 1 aliphatic rings. The molecule has 0 radical (unpaired) electrons. The van der Waals surface area contributed by atoms with Gasteiger partial charge in [0.1, 0.15) is 11.5 Å². The highest BCUT2D eigenvalue weighted by molar-refractivity contribution is 9.10. The molecule has 1 unspecified atom stereocenters. The quantitative estimate of drug-likeness (QED) is 0.283. The fourth-order valence-electron chi connectivity index (χ4n) is 4.03. The highest BCUT2D eigenvalue weighted by Gasteiger charge is 2.46. The van der Waals surface area contributed by atoms with Crippen molar-refractivity contribution in [1.82, 2.24) is 9.88 Å². The lowest BCUT2D eigenvalue weighted by molar-refractivity contribution is -0.140. The van der Waals surface area contributed by atoms with Gasteiger partial charge in [0.25, 0.3) is 11.7 Å². The van der Waals surface area contributed by atoms with Crippen LogP contribution in [0.5, 0.6) is 5.75 Å². The second-order valence-corrected chi connectivity index (χ2v) is 8.67. The van der Waals surface area contributed by atoms with Gasteiger partial charge in [-0.1, -0.05) is 34.1 Å². The number of carbonyl (C=O) groups is 2. The van der Waals surface area contributed by atoms with Gasteiger partial charge in [0.15, 0.2) is 0 Å². The molecule has 1 atom stereocenters. The lowest BCUT2D eigenvalue weighted by Gasteiger charge is -2.25. The largest absolute Gasteiger partial charge is 0.507 e. The average molecular weight is 507 g/mol. The van der Waals surface area contributed by atoms with E-state index in [4.69, 9.17) is 4.74 Å². The summed E-state index contributed by atoms with van der Waals surface area (Å²) in [6, 6.07) is 15.5. The maximum atomic E-state index is 13.2. The van der Waals surface area contributed by atoms with Crippen molar-refractivity contribution in [2.75, 3.05) is 6.61 Å². The molecular formula is C26H23BrN2O4. The van der Waals surface area contributed by atoms with Crippen molar-refractivity contribution in [3.05, 3.63) is 99.3 Å². The second-order valence-electron chi connectivity index (χ2n) is 7.75. The first-order valence-electron chi connectivity index (χ1n) is 10.6. The van der Waals surface area contributed by atoms with Crippen LogP contribution in [0.15, 0.2) is 77.0 Å². The Morgan fingerprint density at radius 2 is 1.91 bits per heavy atom. The first kappa shape index (κ1) is 22.7. The van der Waals surface area contributed by atoms with Gasteiger partial charge in [-0.2, -0.15) is 0 Å². The van der Waals surface area contributed by atoms with E-state index in [2.05, 4.69) is 20.9 Å². The number of aryl methyl sites for hydroxylation is 1. The number of rotatable bonds is 6. The van der Waals surface area contributed by atoms with E-state index in [1.165, 1.54) is 4.90 Å². The molecule has 4 rings (SSSR count). The van der Waals surface area contributed by atoms with Crippen molar-refractivity contribution >= 4 is 33.4 Å². The van der Waals surface area contributed by atoms with Gasteiger partial charge < -0.3 is 14.7 Å². The molecule has 1 N–H and O–H groups in total. The predicted octanol–water partition coefficient (Wildman–Crippen LogP) is 5.17. The molecule has 1 aliphatic heterocycles. The molecule has 2 aromatic carbocycles. The number of ketones is 1. The van der Waals surface area contributed by atoms with Crippen molar-refractivity contribution in [1.29, 1.82) is 0 Å². The molecule has 2 heterocycles. The number of carbonyl (C=O) groups excluding carboxylic acids is 2. The predicted molar refractivity (Wildman–Crippen MR) is 129 cm³/mol. The maximum Gasteiger partial charge on any atom is 0.295 e. The first-order valence-corrected chi connectivity index (χ1v) is 11.4. The zero-order valence-electron chi connectivity index (χ0n) is 18.3. The van der Waals surface area contributed by atoms with E-state index in [1.807, 2.05) is 44.2 Å². The SMILES string of the molecule is CCOc1ccc(/C(O)=C2/C(=O)C(=O)N(Cc3cccnc3)C2c2ccc(Br)cc2)c(C)c1. The molecule has 1 aromatic heterocycles. The number of hydrogen-bond donors (Lipinski definition) is 1. The Hall–Kier alpha value is -3.45. The number of aromatic nitrogens is 1. The molecule has 1 fully saturated rings. The number of hydrogen-bond acceptors (Lipinski definition) is 5. The standard InChI is InChI=1S/C26H23BrN2O4/c1-3-33-20-10-11-21(16(2)13-20)24(30)22-23(18-6-8-19(27)9-7-18)29(26(32)25(22)31)15-17-5-4-12-28-14-17/h4-14,23,30H,3,15H2,1-2H3/b24-22-. The minimum Gasteiger partial charge on any atom is -0.507 e. The van der Waals surface area contributed by atoms with E-state index < -0.39 is 17.7 Å². The van der Waals surface area contributed by atoms with Crippen LogP contribution in [-0.4, -0.2) is 33.3 Å². The van der Waals surface area contributed by atoms with Crippen molar-refractivity contribution < 1.29 is 19.4 Å². The van der Waals surface area contributed by atoms with Gasteiger partial charge in [-0.05, 0) is 66.9 Å². The Labute approximate surface area is 200 Å². The van der Waals surface area contributed by atoms with Crippen LogP contribution >= 0.6 is 15.9 Å². The number of ether oxygens (including phenoxy) is 1. The molecule has 0 spiro atoms. The Morgan fingerprint density at radius 3 is 2.55 bits per heavy atom. The minimum absolute atomic E-state index is 0.0680. The van der Waals surface area contributed by atoms with Gasteiger partial charge in [-0.15, -0.1) is 0 Å². The van der Waals surface area contributed by atoms with Crippen LogP contribution in [0, 0.1) is 6.92 Å². The van der Waals surface area contributed by atoms with E-state index >= 15 is 0 Å². The number of amides is 1. The number of aliphatic hydroxyl groups is 1. The van der Waals surface area contributed by atoms with Crippen molar-refractivity contribution in [2.24, 2.45) is 0 Å². The third kappa shape index (κ3) is 4.54. The number of pyridine rings is 1. The summed E-state index contributed by atoms with van der Waals surface area (Å²) in [4.78, 5) is 31.9. The Kier molecular flexibility index (Phi) is 6.60. The summed E-state index contributed by atoms with van der Waals surface area (Å²) in [5.41, 5.74) is 2.81. The summed E-state index contributed by atoms with van der Waals surface area (Å²) < 4.78 is 6.41. The molecule has 7 heteroatoms. The van der Waals surface area contributed by atoms with Crippen molar-refractivity contribution in [3.8, 4) is 5.75 Å². The number of halogens is 1. The molecule has 3 aromatic rings. The Balaban J connectivity index is 1.85. The fraction of sp³-hybridized carbons (Fsp3) is 0.192. The van der Waals surface area contributed by atoms with E-state index in [0.29, 0.717) is 17.9 Å². The number of benzene rings is 2. The van der Waals surface area contributed by atoms with E-state index in [-0.39, 0.29) is 17.9 Å². The lowest BCUT2D eigenvalue weighted by Crippen LogP contribution is -2.29. The average Bonchev–Trinajstić information content (AvgIpc) is 3.05. The van der Waals surface area contributed by atoms with E-state index in [9.17, 15) is 14.7 Å². The third-order valence-corrected chi connectivity index (χ3v) is 6.09. The highest BCUT2D eigenvalue weighted by Crippen LogP contribution is 2.41. The Morgan fingerprint density at radius 1 is 1.15 bits per heavy atom. The molecule has 168 valence electrons. The van der Waals surface area contributed by atoms with Crippen LogP contribution in [0.4, 0.5) is 0 Å². The summed E-state index contributed by atoms with van der Waals surface area (Å²) in [7, 11) is 0. The van der Waals surface area contributed by atoms with Crippen LogP contribution in [0.2, 0.25) is 0 Å². The van der Waals surface area contributed by atoms with Crippen LogP contribution in [0.25, 0.3) is 5.76 Å². The van der Waals surface area contributed by atoms with Gasteiger partial charge in [-0.25, -0.2) is 0 Å². The normalized spacial score (nSPS) is 17.4. The smallest absolute Gasteiger partial charge is 0.295 e. The topological polar surface area (TPSA) is 79.7 Å². The van der Waals surface area contributed by atoms with Gasteiger partial charge in [0.05, 0.1) is 18.2 Å². The second kappa shape index (κ2) is 9.58. The van der Waals surface area contributed by atoms with Crippen molar-refractivity contribution in [3.63, 3.8) is 0 Å². The van der Waals surface area contributed by atoms with Crippen LogP contribution in [-0.2, 0) is 16.1 Å². The van der Waals surface area contributed by atoms with Gasteiger partial charge in [0, 0.05) is 29.0 Å². The van der Waals surface area contributed by atoms with Crippen LogP contribution in [0.1, 0.15) is 35.2 Å². The third-order valence-electron chi connectivity index (χ3n) is 5.57. The zero-order valence-corrected chi connectivity index (χ0v) is 19.9.